The van der Waals surface area contributed by atoms with Gasteiger partial charge in [0.25, 0.3) is 0 Å². The molecule has 4 aromatic rings. The maximum Gasteiger partial charge on any atom is 0.338 e. The fraction of sp³-hybridized carbons (Fsp3) is 0.0714. The van der Waals surface area contributed by atoms with Crippen molar-refractivity contribution in [2.45, 2.75) is 12.5 Å². The van der Waals surface area contributed by atoms with Crippen LogP contribution in [0.5, 0.6) is 5.75 Å². The van der Waals surface area contributed by atoms with Crippen molar-refractivity contribution >= 4 is 34.5 Å². The van der Waals surface area contributed by atoms with Crippen LogP contribution in [0.3, 0.4) is 0 Å². The molecule has 1 aliphatic carbocycles. The third-order valence-corrected chi connectivity index (χ3v) is 5.90. The van der Waals surface area contributed by atoms with Gasteiger partial charge in [-0.1, -0.05) is 55.1 Å². The summed E-state index contributed by atoms with van der Waals surface area (Å²) in [6.07, 6.45) is 1.72. The van der Waals surface area contributed by atoms with Gasteiger partial charge in [-0.2, -0.15) is 0 Å². The maximum absolute atomic E-state index is 13.2. The van der Waals surface area contributed by atoms with Crippen molar-refractivity contribution < 1.29 is 24.2 Å². The molecule has 6 nitrogen and oxygen atoms in total. The lowest BCUT2D eigenvalue weighted by Crippen LogP contribution is -2.14. The van der Waals surface area contributed by atoms with Crippen LogP contribution in [-0.4, -0.2) is 27.6 Å². The Hall–Kier alpha value is -4.58. The molecule has 6 heteroatoms. The number of hydrogen-bond donors (Lipinski definition) is 1. The quantitative estimate of drug-likeness (QED) is 0.336. The molecule has 34 heavy (non-hydrogen) atoms. The number of ketones is 2. The van der Waals surface area contributed by atoms with Crippen LogP contribution in [0.2, 0.25) is 0 Å². The molecular formula is C28H19NO5. The fourth-order valence-electron chi connectivity index (χ4n) is 4.08. The van der Waals surface area contributed by atoms with E-state index in [9.17, 15) is 19.5 Å². The number of para-hydroxylation sites is 1. The lowest BCUT2D eigenvalue weighted by molar-refractivity contribution is 0.0472. The van der Waals surface area contributed by atoms with Crippen LogP contribution in [0.25, 0.3) is 17.0 Å². The first-order valence-corrected chi connectivity index (χ1v) is 10.7. The standard InChI is InChI=1S/C28H19NO5/c1-2-16-7-9-17(10-8-16)15-34-28(33)19-11-12-20-21(13-19)27(32)24(26(20)31)25-23(30)14-18-5-3-4-6-22(18)29-25/h2-14,24,30H,1,15H2. The summed E-state index contributed by atoms with van der Waals surface area (Å²) >= 11 is 0. The molecule has 1 atom stereocenters. The van der Waals surface area contributed by atoms with Gasteiger partial charge in [-0.15, -0.1) is 0 Å². The number of carbonyl (C=O) groups excluding carboxylic acids is 3. The number of nitrogens with zero attached hydrogens (tertiary/aromatic N) is 1. The number of esters is 1. The highest BCUT2D eigenvalue weighted by atomic mass is 16.5. The summed E-state index contributed by atoms with van der Waals surface area (Å²) in [4.78, 5) is 43.2. The average molecular weight is 449 g/mol. The van der Waals surface area contributed by atoms with Crippen molar-refractivity contribution in [1.29, 1.82) is 0 Å². The zero-order valence-corrected chi connectivity index (χ0v) is 18.0. The van der Waals surface area contributed by atoms with E-state index in [0.717, 1.165) is 11.1 Å². The van der Waals surface area contributed by atoms with Crippen molar-refractivity contribution in [3.8, 4) is 5.75 Å². The number of hydrogen-bond acceptors (Lipinski definition) is 6. The van der Waals surface area contributed by atoms with Gasteiger partial charge in [-0.05, 0) is 41.5 Å². The summed E-state index contributed by atoms with van der Waals surface area (Å²) in [6.45, 7) is 3.77. The average Bonchev–Trinajstić information content (AvgIpc) is 3.11. The molecular weight excluding hydrogens is 430 g/mol. The molecule has 0 saturated carbocycles. The van der Waals surface area contributed by atoms with Crippen molar-refractivity contribution in [2.75, 3.05) is 0 Å². The second-order valence-corrected chi connectivity index (χ2v) is 8.03. The topological polar surface area (TPSA) is 93.6 Å². The van der Waals surface area contributed by atoms with Crippen molar-refractivity contribution in [3.63, 3.8) is 0 Å². The molecule has 0 fully saturated rings. The molecule has 166 valence electrons. The van der Waals surface area contributed by atoms with E-state index in [1.54, 1.807) is 24.3 Å². The largest absolute Gasteiger partial charge is 0.506 e. The number of pyridine rings is 1. The first-order chi connectivity index (χ1) is 16.5. The second-order valence-electron chi connectivity index (χ2n) is 8.03. The fourth-order valence-corrected chi connectivity index (χ4v) is 4.08. The molecule has 1 aromatic heterocycles. The monoisotopic (exact) mass is 449 g/mol. The maximum atomic E-state index is 13.2. The van der Waals surface area contributed by atoms with Crippen LogP contribution in [0.15, 0.2) is 79.4 Å². The molecule has 0 saturated heterocycles. The van der Waals surface area contributed by atoms with Gasteiger partial charge < -0.3 is 9.84 Å². The van der Waals surface area contributed by atoms with E-state index in [4.69, 9.17) is 4.74 Å². The zero-order chi connectivity index (χ0) is 23.8. The van der Waals surface area contributed by atoms with Gasteiger partial charge in [0.15, 0.2) is 11.6 Å². The number of aromatic hydroxyl groups is 1. The molecule has 1 aliphatic rings. The van der Waals surface area contributed by atoms with Gasteiger partial charge >= 0.3 is 5.97 Å². The van der Waals surface area contributed by atoms with E-state index in [0.29, 0.717) is 10.9 Å². The Labute approximate surface area is 195 Å². The number of carbonyl (C=O) groups is 3. The normalized spacial score (nSPS) is 14.8. The third-order valence-electron chi connectivity index (χ3n) is 5.90. The number of aromatic nitrogens is 1. The van der Waals surface area contributed by atoms with Crippen molar-refractivity contribution in [1.82, 2.24) is 4.98 Å². The van der Waals surface area contributed by atoms with E-state index in [1.165, 1.54) is 24.3 Å². The summed E-state index contributed by atoms with van der Waals surface area (Å²) in [5, 5.41) is 11.2. The molecule has 5 rings (SSSR count). The minimum absolute atomic E-state index is 0.0111. The summed E-state index contributed by atoms with van der Waals surface area (Å²) < 4.78 is 5.37. The molecule has 0 amide bonds. The number of benzene rings is 3. The molecule has 0 spiro atoms. The van der Waals surface area contributed by atoms with E-state index >= 15 is 0 Å². The zero-order valence-electron chi connectivity index (χ0n) is 18.0. The van der Waals surface area contributed by atoms with Crippen molar-refractivity contribution in [2.24, 2.45) is 0 Å². The highest BCUT2D eigenvalue weighted by Gasteiger charge is 2.42. The number of rotatable bonds is 5. The molecule has 3 aromatic carbocycles. The second kappa shape index (κ2) is 8.41. The van der Waals surface area contributed by atoms with E-state index in [1.807, 2.05) is 30.3 Å². The van der Waals surface area contributed by atoms with Crippen LogP contribution in [0.4, 0.5) is 0 Å². The Morgan fingerprint density at radius 2 is 1.71 bits per heavy atom. The van der Waals surface area contributed by atoms with Gasteiger partial charge in [0.05, 0.1) is 11.1 Å². The molecule has 0 bridgehead atoms. The number of fused-ring (bicyclic) bond motifs is 2. The third kappa shape index (κ3) is 3.65. The highest BCUT2D eigenvalue weighted by Crippen LogP contribution is 2.38. The first kappa shape index (κ1) is 21.3. The van der Waals surface area contributed by atoms with E-state index in [-0.39, 0.29) is 34.7 Å². The SMILES string of the molecule is C=Cc1ccc(COC(=O)c2ccc3c(c2)C(=O)C(c2nc4ccccc4cc2O)C3=O)cc1. The minimum atomic E-state index is -1.26. The Kier molecular flexibility index (Phi) is 5.26. The Morgan fingerprint density at radius 1 is 0.971 bits per heavy atom. The molecule has 1 unspecified atom stereocenters. The summed E-state index contributed by atoms with van der Waals surface area (Å²) in [5.41, 5.74) is 2.82. The van der Waals surface area contributed by atoms with Gasteiger partial charge in [0, 0.05) is 16.5 Å². The van der Waals surface area contributed by atoms with E-state index in [2.05, 4.69) is 11.6 Å². The summed E-state index contributed by atoms with van der Waals surface area (Å²) in [5.74, 6) is -3.05. The lowest BCUT2D eigenvalue weighted by atomic mass is 9.97. The lowest BCUT2D eigenvalue weighted by Gasteiger charge is -2.10. The van der Waals surface area contributed by atoms with Crippen LogP contribution in [-0.2, 0) is 11.3 Å². The summed E-state index contributed by atoms with van der Waals surface area (Å²) in [7, 11) is 0. The number of Topliss-reactive ketones (excluding diaryl/α,β-unsaturated/α-hetero) is 2. The molecule has 1 N–H and O–H groups in total. The van der Waals surface area contributed by atoms with Crippen molar-refractivity contribution in [3.05, 3.63) is 113 Å². The predicted octanol–water partition coefficient (Wildman–Crippen LogP) is 5.10. The van der Waals surface area contributed by atoms with Crippen LogP contribution >= 0.6 is 0 Å². The molecule has 1 heterocycles. The minimum Gasteiger partial charge on any atom is -0.506 e. The predicted molar refractivity (Wildman–Crippen MR) is 127 cm³/mol. The first-order valence-electron chi connectivity index (χ1n) is 10.7. The van der Waals surface area contributed by atoms with Gasteiger partial charge in [-0.3, -0.25) is 9.59 Å². The molecule has 0 aliphatic heterocycles. The van der Waals surface area contributed by atoms with E-state index < -0.39 is 23.5 Å². The van der Waals surface area contributed by atoms with Crippen LogP contribution < -0.4 is 0 Å². The van der Waals surface area contributed by atoms with Gasteiger partial charge in [0.1, 0.15) is 24.0 Å². The van der Waals surface area contributed by atoms with Gasteiger partial charge in [-0.25, -0.2) is 9.78 Å². The van der Waals surface area contributed by atoms with Crippen LogP contribution in [0, 0.1) is 0 Å². The Morgan fingerprint density at radius 3 is 2.47 bits per heavy atom. The number of ether oxygens (including phenoxy) is 1. The molecule has 0 radical (unpaired) electrons. The Bertz CT molecular complexity index is 1490. The smallest absolute Gasteiger partial charge is 0.338 e. The highest BCUT2D eigenvalue weighted by molar-refractivity contribution is 6.30. The summed E-state index contributed by atoms with van der Waals surface area (Å²) in [6, 6.07) is 20.3. The van der Waals surface area contributed by atoms with Crippen LogP contribution in [0.1, 0.15) is 53.8 Å². The van der Waals surface area contributed by atoms with Gasteiger partial charge in [0.2, 0.25) is 0 Å². The Balaban J connectivity index is 1.40.